The number of aromatic nitrogens is 2. The molecule has 3 atom stereocenters. The predicted octanol–water partition coefficient (Wildman–Crippen LogP) is 2.21. The summed E-state index contributed by atoms with van der Waals surface area (Å²) < 4.78 is 6.01. The van der Waals surface area contributed by atoms with Gasteiger partial charge in [0.1, 0.15) is 11.1 Å². The Morgan fingerprint density at radius 1 is 1.13 bits per heavy atom. The molecule has 2 aromatic heterocycles. The molecule has 0 saturated carbocycles. The zero-order chi connectivity index (χ0) is 21.5. The Labute approximate surface area is 189 Å². The minimum absolute atomic E-state index is 0.0436. The lowest BCUT2D eigenvalue weighted by Gasteiger charge is -2.34. The van der Waals surface area contributed by atoms with E-state index in [-0.39, 0.29) is 22.5 Å². The van der Waals surface area contributed by atoms with Gasteiger partial charge < -0.3 is 14.5 Å². The summed E-state index contributed by atoms with van der Waals surface area (Å²) in [5, 5.41) is 0.614. The van der Waals surface area contributed by atoms with Crippen LogP contribution in [0.5, 0.6) is 0 Å². The first-order chi connectivity index (χ1) is 15.0. The highest BCUT2D eigenvalue weighted by Crippen LogP contribution is 2.43. The number of anilines is 1. The molecule has 0 spiro atoms. The van der Waals surface area contributed by atoms with Gasteiger partial charge >= 0.3 is 6.09 Å². The quantitative estimate of drug-likeness (QED) is 0.677. The molecule has 0 bridgehead atoms. The molecule has 2 aromatic rings. The minimum Gasteiger partial charge on any atom is -0.423 e. The Hall–Kier alpha value is -2.04. The molecule has 5 heterocycles. The van der Waals surface area contributed by atoms with Gasteiger partial charge in [0.15, 0.2) is 11.9 Å². The number of pyridine rings is 2. The van der Waals surface area contributed by atoms with Crippen molar-refractivity contribution in [3.63, 3.8) is 0 Å². The van der Waals surface area contributed by atoms with Crippen LogP contribution in [0.4, 0.5) is 10.6 Å². The average molecular weight is 460 g/mol. The molecule has 3 saturated heterocycles. The number of piperazine rings is 1. The molecule has 3 aliphatic rings. The number of nitrogens with zero attached hydrogens (tertiary/aromatic N) is 5. The third-order valence-corrected chi connectivity index (χ3v) is 9.10. The van der Waals surface area contributed by atoms with Gasteiger partial charge in [-0.2, -0.15) is 11.8 Å². The molecule has 31 heavy (non-hydrogen) atoms. The standard InChI is InChI=1S/C21H25N5O3S2/c1-13-5-6-22-18-14(13)3-4-15(23-18)26-19(27)16-17(31-12-11-30-16)20(26)29-21(28)25-9-7-24(2)8-10-25/h3-6,16-17,20H,7-12H2,1-2H3. The summed E-state index contributed by atoms with van der Waals surface area (Å²) in [4.78, 5) is 40.9. The summed E-state index contributed by atoms with van der Waals surface area (Å²) in [5.74, 6) is 2.29. The van der Waals surface area contributed by atoms with Crippen LogP contribution in [0.1, 0.15) is 5.56 Å². The normalized spacial score (nSPS) is 26.9. The third kappa shape index (κ3) is 3.85. The second kappa shape index (κ2) is 8.48. The van der Waals surface area contributed by atoms with Crippen LogP contribution < -0.4 is 4.90 Å². The molecule has 8 nitrogen and oxygen atoms in total. The van der Waals surface area contributed by atoms with Crippen molar-refractivity contribution in [3.05, 3.63) is 30.0 Å². The lowest BCUT2D eigenvalue weighted by Crippen LogP contribution is -2.50. The van der Waals surface area contributed by atoms with E-state index in [0.717, 1.165) is 35.5 Å². The largest absolute Gasteiger partial charge is 0.423 e. The second-order valence-electron chi connectivity index (χ2n) is 8.07. The molecule has 0 radical (unpaired) electrons. The van der Waals surface area contributed by atoms with E-state index in [0.29, 0.717) is 24.6 Å². The van der Waals surface area contributed by atoms with Gasteiger partial charge in [0.25, 0.3) is 0 Å². The number of rotatable bonds is 2. The van der Waals surface area contributed by atoms with Gasteiger partial charge in [0, 0.05) is 49.3 Å². The molecule has 3 aliphatic heterocycles. The zero-order valence-electron chi connectivity index (χ0n) is 17.6. The highest BCUT2D eigenvalue weighted by atomic mass is 32.2. The fraction of sp³-hybridized carbons (Fsp3) is 0.524. The van der Waals surface area contributed by atoms with Crippen molar-refractivity contribution < 1.29 is 14.3 Å². The summed E-state index contributed by atoms with van der Waals surface area (Å²) in [6.07, 6.45) is 0.691. The fourth-order valence-electron chi connectivity index (χ4n) is 4.21. The number of ether oxygens (including phenoxy) is 1. The SMILES string of the molecule is Cc1ccnc2nc(N3C(=O)C4SCCSC4C3OC(=O)N3CCN(C)CC3)ccc12. The van der Waals surface area contributed by atoms with Crippen molar-refractivity contribution in [2.75, 3.05) is 49.6 Å². The van der Waals surface area contributed by atoms with Crippen LogP contribution >= 0.6 is 23.5 Å². The van der Waals surface area contributed by atoms with Crippen molar-refractivity contribution in [3.8, 4) is 0 Å². The number of carbonyl (C=O) groups is 2. The monoisotopic (exact) mass is 459 g/mol. The van der Waals surface area contributed by atoms with Crippen molar-refractivity contribution in [1.82, 2.24) is 19.8 Å². The van der Waals surface area contributed by atoms with E-state index >= 15 is 0 Å². The first kappa shape index (κ1) is 20.8. The number of likely N-dealkylation sites (N-methyl/N-ethyl adjacent to an activating group) is 1. The Kier molecular flexibility index (Phi) is 5.70. The molecular formula is C21H25N5O3S2. The van der Waals surface area contributed by atoms with Gasteiger partial charge in [-0.3, -0.25) is 9.69 Å². The number of aryl methyl sites for hydroxylation is 1. The summed E-state index contributed by atoms with van der Waals surface area (Å²) in [5.41, 5.74) is 1.67. The van der Waals surface area contributed by atoms with E-state index in [4.69, 9.17) is 4.74 Å². The Morgan fingerprint density at radius 3 is 2.71 bits per heavy atom. The number of amides is 2. The molecule has 3 fully saturated rings. The van der Waals surface area contributed by atoms with Crippen LogP contribution in [0.3, 0.4) is 0 Å². The predicted molar refractivity (Wildman–Crippen MR) is 124 cm³/mol. The molecule has 2 amide bonds. The number of carbonyl (C=O) groups excluding carboxylic acids is 2. The molecule has 0 aliphatic carbocycles. The molecule has 10 heteroatoms. The summed E-state index contributed by atoms with van der Waals surface area (Å²) in [6, 6.07) is 5.71. The highest BCUT2D eigenvalue weighted by molar-refractivity contribution is 8.07. The van der Waals surface area contributed by atoms with E-state index in [9.17, 15) is 9.59 Å². The van der Waals surface area contributed by atoms with E-state index < -0.39 is 6.23 Å². The van der Waals surface area contributed by atoms with Gasteiger partial charge in [0.05, 0.1) is 5.25 Å². The zero-order valence-corrected chi connectivity index (χ0v) is 19.2. The molecule has 5 rings (SSSR count). The molecule has 3 unspecified atom stereocenters. The number of hydrogen-bond acceptors (Lipinski definition) is 8. The van der Waals surface area contributed by atoms with Crippen LogP contribution in [0, 0.1) is 6.92 Å². The van der Waals surface area contributed by atoms with E-state index in [1.54, 1.807) is 39.5 Å². The Bertz CT molecular complexity index is 1010. The van der Waals surface area contributed by atoms with Crippen molar-refractivity contribution >= 4 is 52.4 Å². The van der Waals surface area contributed by atoms with Gasteiger partial charge in [-0.15, -0.1) is 11.8 Å². The van der Waals surface area contributed by atoms with E-state index in [1.165, 1.54) is 0 Å². The van der Waals surface area contributed by atoms with Crippen LogP contribution in [-0.4, -0.2) is 93.2 Å². The topological polar surface area (TPSA) is 78.9 Å². The summed E-state index contributed by atoms with van der Waals surface area (Å²) in [7, 11) is 2.04. The molecule has 0 N–H and O–H groups in total. The average Bonchev–Trinajstić information content (AvgIpc) is 3.06. The van der Waals surface area contributed by atoms with Crippen LogP contribution in [0.15, 0.2) is 24.4 Å². The van der Waals surface area contributed by atoms with Gasteiger partial charge in [-0.05, 0) is 37.7 Å². The number of hydrogen-bond donors (Lipinski definition) is 0. The van der Waals surface area contributed by atoms with E-state index in [1.807, 2.05) is 32.2 Å². The highest BCUT2D eigenvalue weighted by Gasteiger charge is 2.53. The molecule has 164 valence electrons. The lowest BCUT2D eigenvalue weighted by atomic mass is 10.2. The van der Waals surface area contributed by atoms with E-state index in [2.05, 4.69) is 14.9 Å². The number of thioether (sulfide) groups is 2. The van der Waals surface area contributed by atoms with Crippen molar-refractivity contribution in [2.45, 2.75) is 23.7 Å². The first-order valence-corrected chi connectivity index (χ1v) is 12.6. The molecular weight excluding hydrogens is 434 g/mol. The third-order valence-electron chi connectivity index (χ3n) is 6.04. The summed E-state index contributed by atoms with van der Waals surface area (Å²) >= 11 is 3.35. The smallest absolute Gasteiger partial charge is 0.411 e. The maximum Gasteiger partial charge on any atom is 0.411 e. The summed E-state index contributed by atoms with van der Waals surface area (Å²) in [6.45, 7) is 4.90. The maximum atomic E-state index is 13.4. The van der Waals surface area contributed by atoms with Gasteiger partial charge in [0.2, 0.25) is 5.91 Å². The minimum atomic E-state index is -0.669. The van der Waals surface area contributed by atoms with Crippen LogP contribution in [0.2, 0.25) is 0 Å². The molecule has 0 aromatic carbocycles. The Morgan fingerprint density at radius 2 is 1.90 bits per heavy atom. The lowest BCUT2D eigenvalue weighted by molar-refractivity contribution is -0.117. The van der Waals surface area contributed by atoms with Crippen LogP contribution in [-0.2, 0) is 9.53 Å². The number of fused-ring (bicyclic) bond motifs is 2. The fourth-order valence-corrected chi connectivity index (χ4v) is 7.19. The second-order valence-corrected chi connectivity index (χ2v) is 10.6. The van der Waals surface area contributed by atoms with Gasteiger partial charge in [-0.25, -0.2) is 14.8 Å². The van der Waals surface area contributed by atoms with Crippen molar-refractivity contribution in [1.29, 1.82) is 0 Å². The van der Waals surface area contributed by atoms with Gasteiger partial charge in [-0.1, -0.05) is 0 Å². The Balaban J connectivity index is 1.46. The first-order valence-electron chi connectivity index (χ1n) is 10.5. The maximum absolute atomic E-state index is 13.4. The van der Waals surface area contributed by atoms with Crippen molar-refractivity contribution in [2.24, 2.45) is 0 Å². The van der Waals surface area contributed by atoms with Crippen LogP contribution in [0.25, 0.3) is 11.0 Å².